The maximum atomic E-state index is 6.31. The van der Waals surface area contributed by atoms with E-state index in [0.717, 1.165) is 44.2 Å². The first-order valence-corrected chi connectivity index (χ1v) is 8.49. The van der Waals surface area contributed by atoms with Crippen molar-refractivity contribution in [2.24, 2.45) is 5.92 Å². The van der Waals surface area contributed by atoms with E-state index in [-0.39, 0.29) is 11.6 Å². The summed E-state index contributed by atoms with van der Waals surface area (Å²) in [5, 5.41) is 3.51. The number of nitrogens with zero attached hydrogens (tertiary/aromatic N) is 2. The molecule has 0 amide bonds. The van der Waals surface area contributed by atoms with E-state index in [9.17, 15) is 0 Å². The predicted molar refractivity (Wildman–Crippen MR) is 86.3 cm³/mol. The summed E-state index contributed by atoms with van der Waals surface area (Å²) in [5.41, 5.74) is -0.104. The zero-order chi connectivity index (χ0) is 15.3. The molecule has 0 radical (unpaired) electrons. The Balaban J connectivity index is 2.29. The van der Waals surface area contributed by atoms with Gasteiger partial charge in [0.2, 0.25) is 0 Å². The van der Waals surface area contributed by atoms with E-state index in [0.29, 0.717) is 0 Å². The number of imidazole rings is 1. The standard InChI is InChI=1S/C17H31N3O/c1-5-12-20-13-11-19-16(20)15(18-4)17(21-6-2)9-7-14(3)8-10-17/h11,13-15,18H,5-10,12H2,1-4H3. The molecule has 1 N–H and O–H groups in total. The quantitative estimate of drug-likeness (QED) is 0.836. The molecular formula is C17H31N3O. The Morgan fingerprint density at radius 3 is 2.71 bits per heavy atom. The van der Waals surface area contributed by atoms with E-state index in [4.69, 9.17) is 4.74 Å². The van der Waals surface area contributed by atoms with Gasteiger partial charge in [-0.3, -0.25) is 0 Å². The molecule has 1 aliphatic rings. The molecule has 0 aromatic carbocycles. The first-order valence-electron chi connectivity index (χ1n) is 8.49. The molecule has 21 heavy (non-hydrogen) atoms. The third kappa shape index (κ3) is 3.49. The van der Waals surface area contributed by atoms with E-state index in [1.807, 2.05) is 13.2 Å². The molecule has 120 valence electrons. The van der Waals surface area contributed by atoms with Gasteiger partial charge >= 0.3 is 0 Å². The zero-order valence-corrected chi connectivity index (χ0v) is 14.1. The van der Waals surface area contributed by atoms with Crippen LogP contribution in [0.2, 0.25) is 0 Å². The summed E-state index contributed by atoms with van der Waals surface area (Å²) in [5.74, 6) is 1.94. The highest BCUT2D eigenvalue weighted by atomic mass is 16.5. The van der Waals surface area contributed by atoms with Gasteiger partial charge in [0.1, 0.15) is 5.82 Å². The molecule has 1 saturated carbocycles. The van der Waals surface area contributed by atoms with Gasteiger partial charge in [0.15, 0.2) is 0 Å². The van der Waals surface area contributed by atoms with Gasteiger partial charge in [-0.15, -0.1) is 0 Å². The molecule has 0 bridgehead atoms. The average Bonchev–Trinajstić information content (AvgIpc) is 2.92. The molecule has 1 aromatic heterocycles. The highest BCUT2D eigenvalue weighted by Gasteiger charge is 2.43. The topological polar surface area (TPSA) is 39.1 Å². The van der Waals surface area contributed by atoms with E-state index < -0.39 is 0 Å². The molecule has 4 heteroatoms. The summed E-state index contributed by atoms with van der Waals surface area (Å²) in [7, 11) is 2.04. The molecular weight excluding hydrogens is 262 g/mol. The van der Waals surface area contributed by atoms with Crippen molar-refractivity contribution in [2.45, 2.75) is 71.1 Å². The SMILES string of the molecule is CCCn1ccnc1C(NC)C1(OCC)CCC(C)CC1. The first-order chi connectivity index (χ1) is 10.2. The van der Waals surface area contributed by atoms with Gasteiger partial charge < -0.3 is 14.6 Å². The summed E-state index contributed by atoms with van der Waals surface area (Å²) in [4.78, 5) is 4.65. The van der Waals surface area contributed by atoms with Gasteiger partial charge in [0.05, 0.1) is 11.6 Å². The molecule has 1 unspecified atom stereocenters. The predicted octanol–water partition coefficient (Wildman–Crippen LogP) is 3.54. The third-order valence-electron chi connectivity index (χ3n) is 4.84. The Morgan fingerprint density at radius 2 is 2.14 bits per heavy atom. The summed E-state index contributed by atoms with van der Waals surface area (Å²) < 4.78 is 8.59. The van der Waals surface area contributed by atoms with Crippen molar-refractivity contribution in [1.82, 2.24) is 14.9 Å². The Hall–Kier alpha value is -0.870. The Morgan fingerprint density at radius 1 is 1.43 bits per heavy atom. The van der Waals surface area contributed by atoms with E-state index in [1.165, 1.54) is 12.8 Å². The zero-order valence-electron chi connectivity index (χ0n) is 14.1. The van der Waals surface area contributed by atoms with Crippen molar-refractivity contribution >= 4 is 0 Å². The molecule has 1 atom stereocenters. The minimum atomic E-state index is -0.104. The Bertz CT molecular complexity index is 421. The van der Waals surface area contributed by atoms with Crippen molar-refractivity contribution in [1.29, 1.82) is 0 Å². The maximum Gasteiger partial charge on any atom is 0.128 e. The Kier molecular flexibility index (Phi) is 5.82. The number of rotatable bonds is 7. The summed E-state index contributed by atoms with van der Waals surface area (Å²) >= 11 is 0. The van der Waals surface area contributed by atoms with Crippen LogP contribution < -0.4 is 5.32 Å². The lowest BCUT2D eigenvalue weighted by Crippen LogP contribution is -2.48. The largest absolute Gasteiger partial charge is 0.373 e. The fourth-order valence-corrected chi connectivity index (χ4v) is 3.69. The molecule has 2 rings (SSSR count). The van der Waals surface area contributed by atoms with Crippen molar-refractivity contribution in [3.8, 4) is 0 Å². The number of nitrogens with one attached hydrogen (secondary N) is 1. The lowest BCUT2D eigenvalue weighted by molar-refractivity contribution is -0.0985. The highest BCUT2D eigenvalue weighted by Crippen LogP contribution is 2.42. The Labute approximate surface area is 129 Å². The lowest BCUT2D eigenvalue weighted by Gasteiger charge is -2.44. The maximum absolute atomic E-state index is 6.31. The van der Waals surface area contributed by atoms with Crippen LogP contribution in [0, 0.1) is 5.92 Å². The number of hydrogen-bond donors (Lipinski definition) is 1. The molecule has 1 aromatic rings. The molecule has 0 spiro atoms. The van der Waals surface area contributed by atoms with Crippen LogP contribution in [0.5, 0.6) is 0 Å². The molecule has 4 nitrogen and oxygen atoms in total. The fourth-order valence-electron chi connectivity index (χ4n) is 3.69. The second-order valence-corrected chi connectivity index (χ2v) is 6.38. The number of hydrogen-bond acceptors (Lipinski definition) is 3. The number of ether oxygens (including phenoxy) is 1. The summed E-state index contributed by atoms with van der Waals surface area (Å²) in [6, 6.07) is 0.173. The van der Waals surface area contributed by atoms with Gasteiger partial charge in [-0.1, -0.05) is 13.8 Å². The average molecular weight is 293 g/mol. The normalized spacial score (nSPS) is 27.7. The van der Waals surface area contributed by atoms with Crippen molar-refractivity contribution in [3.05, 3.63) is 18.2 Å². The molecule has 1 aliphatic carbocycles. The minimum Gasteiger partial charge on any atom is -0.373 e. The van der Waals surface area contributed by atoms with Gasteiger partial charge in [0, 0.05) is 25.5 Å². The second-order valence-electron chi connectivity index (χ2n) is 6.38. The highest BCUT2D eigenvalue weighted by molar-refractivity contribution is 5.09. The van der Waals surface area contributed by atoms with Crippen LogP contribution in [0.25, 0.3) is 0 Å². The van der Waals surface area contributed by atoms with Crippen LogP contribution in [0.1, 0.15) is 64.7 Å². The van der Waals surface area contributed by atoms with Crippen LogP contribution in [0.15, 0.2) is 12.4 Å². The number of aryl methyl sites for hydroxylation is 1. The molecule has 1 heterocycles. The van der Waals surface area contributed by atoms with Crippen LogP contribution in [-0.2, 0) is 11.3 Å². The van der Waals surface area contributed by atoms with E-state index in [1.54, 1.807) is 0 Å². The van der Waals surface area contributed by atoms with Gasteiger partial charge in [0.25, 0.3) is 0 Å². The van der Waals surface area contributed by atoms with Gasteiger partial charge in [-0.05, 0) is 52.0 Å². The summed E-state index contributed by atoms with van der Waals surface area (Å²) in [6.45, 7) is 8.44. The van der Waals surface area contributed by atoms with Crippen molar-refractivity contribution < 1.29 is 4.74 Å². The van der Waals surface area contributed by atoms with Crippen LogP contribution in [0.3, 0.4) is 0 Å². The van der Waals surface area contributed by atoms with E-state index >= 15 is 0 Å². The first kappa shape index (κ1) is 16.5. The molecule has 0 aliphatic heterocycles. The fraction of sp³-hybridized carbons (Fsp3) is 0.824. The monoisotopic (exact) mass is 293 g/mol. The molecule has 1 fully saturated rings. The summed E-state index contributed by atoms with van der Waals surface area (Å²) in [6.07, 6.45) is 9.85. The van der Waals surface area contributed by atoms with Gasteiger partial charge in [-0.25, -0.2) is 4.98 Å². The van der Waals surface area contributed by atoms with Crippen LogP contribution in [-0.4, -0.2) is 28.8 Å². The van der Waals surface area contributed by atoms with E-state index in [2.05, 4.69) is 41.8 Å². The number of likely N-dealkylation sites (N-methyl/N-ethyl adjacent to an activating group) is 1. The van der Waals surface area contributed by atoms with Crippen LogP contribution in [0.4, 0.5) is 0 Å². The minimum absolute atomic E-state index is 0.104. The van der Waals surface area contributed by atoms with Crippen LogP contribution >= 0.6 is 0 Å². The van der Waals surface area contributed by atoms with Crippen molar-refractivity contribution in [2.75, 3.05) is 13.7 Å². The third-order valence-corrected chi connectivity index (χ3v) is 4.84. The van der Waals surface area contributed by atoms with Gasteiger partial charge in [-0.2, -0.15) is 0 Å². The second kappa shape index (κ2) is 7.41. The van der Waals surface area contributed by atoms with Crippen molar-refractivity contribution in [3.63, 3.8) is 0 Å². The smallest absolute Gasteiger partial charge is 0.128 e. The molecule has 0 saturated heterocycles. The lowest BCUT2D eigenvalue weighted by atomic mass is 9.75. The number of aromatic nitrogens is 2.